The predicted molar refractivity (Wildman–Crippen MR) is 145 cm³/mol. The van der Waals surface area contributed by atoms with Gasteiger partial charge in [0.15, 0.2) is 0 Å². The third kappa shape index (κ3) is 5.81. The minimum Gasteiger partial charge on any atom is -0.496 e. The molecule has 0 aromatic heterocycles. The number of fused-ring (bicyclic) bond motifs is 2. The first kappa shape index (κ1) is 29.7. The number of ether oxygens (including phenoxy) is 2. The maximum Gasteiger partial charge on any atom is 0.419 e. The van der Waals surface area contributed by atoms with Crippen LogP contribution in [0.4, 0.5) is 27.6 Å². The number of rotatable bonds is 7. The SMILES string of the molecule is COC(=O)c1ccc(-c2cc(C(=O)N[C@H]3[C@@H](C(=O)Nc4ccc(F)c(C(F)(F)F)c4)[C@@H]4C=C[C@H]3C4)c(OC)cc2F)cc1. The number of halogens is 5. The van der Waals surface area contributed by atoms with Gasteiger partial charge in [-0.1, -0.05) is 24.3 Å². The number of benzene rings is 3. The molecule has 1 saturated carbocycles. The van der Waals surface area contributed by atoms with Crippen LogP contribution in [0, 0.1) is 29.4 Å². The van der Waals surface area contributed by atoms with E-state index in [1.807, 2.05) is 12.2 Å². The quantitative estimate of drug-likeness (QED) is 0.197. The minimum absolute atomic E-state index is 0.0183. The Bertz CT molecular complexity index is 1620. The van der Waals surface area contributed by atoms with Crippen LogP contribution < -0.4 is 15.4 Å². The van der Waals surface area contributed by atoms with Gasteiger partial charge in [0.1, 0.15) is 17.4 Å². The van der Waals surface area contributed by atoms with Crippen LogP contribution in [0.2, 0.25) is 0 Å². The van der Waals surface area contributed by atoms with Gasteiger partial charge >= 0.3 is 12.1 Å². The highest BCUT2D eigenvalue weighted by Crippen LogP contribution is 2.45. The van der Waals surface area contributed by atoms with Gasteiger partial charge in [-0.15, -0.1) is 0 Å². The van der Waals surface area contributed by atoms with Crippen molar-refractivity contribution in [1.82, 2.24) is 5.32 Å². The van der Waals surface area contributed by atoms with Crippen molar-refractivity contribution in [3.8, 4) is 16.9 Å². The lowest BCUT2D eigenvalue weighted by atomic mass is 9.87. The van der Waals surface area contributed by atoms with Crippen molar-refractivity contribution in [1.29, 1.82) is 0 Å². The number of anilines is 1. The molecule has 7 nitrogen and oxygen atoms in total. The van der Waals surface area contributed by atoms with Gasteiger partial charge in [-0.2, -0.15) is 13.2 Å². The lowest BCUT2D eigenvalue weighted by molar-refractivity contribution is -0.140. The van der Waals surface area contributed by atoms with Crippen LogP contribution in [0.3, 0.4) is 0 Å². The number of hydrogen-bond donors (Lipinski definition) is 2. The Balaban J connectivity index is 1.40. The Morgan fingerprint density at radius 3 is 2.23 bits per heavy atom. The number of carbonyl (C=O) groups is 3. The van der Waals surface area contributed by atoms with E-state index in [4.69, 9.17) is 4.74 Å². The number of methoxy groups -OCH3 is 2. The van der Waals surface area contributed by atoms with Gasteiger partial charge in [0.2, 0.25) is 5.91 Å². The van der Waals surface area contributed by atoms with Gasteiger partial charge in [-0.05, 0) is 60.2 Å². The molecule has 12 heteroatoms. The number of carbonyl (C=O) groups excluding carboxylic acids is 3. The van der Waals surface area contributed by atoms with Gasteiger partial charge in [-0.25, -0.2) is 13.6 Å². The van der Waals surface area contributed by atoms with Crippen LogP contribution >= 0.6 is 0 Å². The first-order valence-corrected chi connectivity index (χ1v) is 13.1. The summed E-state index contributed by atoms with van der Waals surface area (Å²) in [4.78, 5) is 38.6. The van der Waals surface area contributed by atoms with E-state index in [1.165, 1.54) is 44.6 Å². The second-order valence-electron chi connectivity index (χ2n) is 10.3. The zero-order chi connectivity index (χ0) is 31.1. The Labute approximate surface area is 242 Å². The van der Waals surface area contributed by atoms with Crippen molar-refractivity contribution in [2.24, 2.45) is 17.8 Å². The van der Waals surface area contributed by atoms with Crippen LogP contribution in [0.15, 0.2) is 66.7 Å². The summed E-state index contributed by atoms with van der Waals surface area (Å²) in [5, 5.41) is 5.27. The molecule has 224 valence electrons. The fraction of sp³-hybridized carbons (Fsp3) is 0.258. The van der Waals surface area contributed by atoms with Crippen molar-refractivity contribution < 1.29 is 45.8 Å². The lowest BCUT2D eigenvalue weighted by Crippen LogP contribution is -2.47. The van der Waals surface area contributed by atoms with E-state index in [0.29, 0.717) is 24.1 Å². The van der Waals surface area contributed by atoms with E-state index in [0.717, 1.165) is 12.1 Å². The number of allylic oxidation sites excluding steroid dienone is 1. The summed E-state index contributed by atoms with van der Waals surface area (Å²) in [5.74, 6) is -5.44. The first-order chi connectivity index (χ1) is 20.4. The summed E-state index contributed by atoms with van der Waals surface area (Å²) >= 11 is 0. The fourth-order valence-corrected chi connectivity index (χ4v) is 5.68. The van der Waals surface area contributed by atoms with Crippen LogP contribution in [-0.2, 0) is 15.7 Å². The van der Waals surface area contributed by atoms with E-state index in [-0.39, 0.29) is 40.0 Å². The molecule has 0 heterocycles. The molecule has 2 amide bonds. The summed E-state index contributed by atoms with van der Waals surface area (Å²) in [6, 6.07) is 9.69. The van der Waals surface area contributed by atoms with E-state index >= 15 is 4.39 Å². The van der Waals surface area contributed by atoms with Crippen molar-refractivity contribution in [2.45, 2.75) is 18.6 Å². The maximum absolute atomic E-state index is 15.1. The third-order valence-electron chi connectivity index (χ3n) is 7.75. The number of nitrogens with one attached hydrogen (secondary N) is 2. The average molecular weight is 601 g/mol. The molecular weight excluding hydrogens is 575 g/mol. The number of alkyl halides is 3. The molecule has 0 spiro atoms. The molecular formula is C31H25F5N2O5. The number of amides is 2. The maximum atomic E-state index is 15.1. The van der Waals surface area contributed by atoms with Gasteiger partial charge in [0.05, 0.1) is 36.8 Å². The summed E-state index contributed by atoms with van der Waals surface area (Å²) in [5.41, 5.74) is -1.08. The molecule has 4 atom stereocenters. The molecule has 1 fully saturated rings. The summed E-state index contributed by atoms with van der Waals surface area (Å²) in [6.07, 6.45) is -0.751. The Hall–Kier alpha value is -4.74. The molecule has 0 radical (unpaired) electrons. The Kier molecular flexibility index (Phi) is 7.96. The zero-order valence-corrected chi connectivity index (χ0v) is 22.8. The Morgan fingerprint density at radius 1 is 0.884 bits per heavy atom. The van der Waals surface area contributed by atoms with Crippen molar-refractivity contribution in [3.63, 3.8) is 0 Å². The van der Waals surface area contributed by atoms with E-state index in [2.05, 4.69) is 15.4 Å². The number of hydrogen-bond acceptors (Lipinski definition) is 5. The summed E-state index contributed by atoms with van der Waals surface area (Å²) in [7, 11) is 2.50. The van der Waals surface area contributed by atoms with Crippen LogP contribution in [0.25, 0.3) is 11.1 Å². The smallest absolute Gasteiger partial charge is 0.419 e. The molecule has 2 bridgehead atoms. The molecule has 0 saturated heterocycles. The molecule has 0 unspecified atom stereocenters. The van der Waals surface area contributed by atoms with Crippen molar-refractivity contribution >= 4 is 23.5 Å². The van der Waals surface area contributed by atoms with Gasteiger partial charge < -0.3 is 20.1 Å². The summed E-state index contributed by atoms with van der Waals surface area (Å²) < 4.78 is 78.3. The van der Waals surface area contributed by atoms with E-state index in [9.17, 15) is 31.9 Å². The Morgan fingerprint density at radius 2 is 1.58 bits per heavy atom. The third-order valence-corrected chi connectivity index (χ3v) is 7.75. The van der Waals surface area contributed by atoms with Crippen molar-refractivity contribution in [2.75, 3.05) is 19.5 Å². The monoisotopic (exact) mass is 600 g/mol. The highest BCUT2D eigenvalue weighted by molar-refractivity contribution is 6.00. The second kappa shape index (κ2) is 11.5. The standard InChI is InChI=1S/C31H25F5N2O5/c1-42-25-14-24(33)20(15-3-5-16(6-4-15)30(41)43-2)13-21(25)28(39)38-27-18-8-7-17(11-18)26(27)29(40)37-19-9-10-23(32)22(12-19)31(34,35)36/h3-10,12-14,17-18,26-27H,11H2,1-2H3,(H,37,40)(H,38,39)/t17-,18+,26+,27-/m1/s1. The average Bonchev–Trinajstić information content (AvgIpc) is 3.59. The summed E-state index contributed by atoms with van der Waals surface area (Å²) in [6.45, 7) is 0. The van der Waals surface area contributed by atoms with Crippen LogP contribution in [-0.4, -0.2) is 38.0 Å². The highest BCUT2D eigenvalue weighted by atomic mass is 19.4. The molecule has 2 aliphatic carbocycles. The molecule has 43 heavy (non-hydrogen) atoms. The minimum atomic E-state index is -4.95. The molecule has 2 N–H and O–H groups in total. The molecule has 0 aliphatic heterocycles. The fourth-order valence-electron chi connectivity index (χ4n) is 5.68. The van der Waals surface area contributed by atoms with Gasteiger partial charge in [0, 0.05) is 23.4 Å². The molecule has 3 aromatic rings. The normalized spacial score (nSPS) is 20.5. The number of esters is 1. The highest BCUT2D eigenvalue weighted by Gasteiger charge is 2.49. The van der Waals surface area contributed by atoms with Crippen LogP contribution in [0.1, 0.15) is 32.7 Å². The lowest BCUT2D eigenvalue weighted by Gasteiger charge is -2.28. The van der Waals surface area contributed by atoms with Gasteiger partial charge in [-0.3, -0.25) is 9.59 Å². The second-order valence-corrected chi connectivity index (χ2v) is 10.3. The van der Waals surface area contributed by atoms with Crippen LogP contribution in [0.5, 0.6) is 5.75 Å². The largest absolute Gasteiger partial charge is 0.496 e. The van der Waals surface area contributed by atoms with E-state index in [1.54, 1.807) is 0 Å². The topological polar surface area (TPSA) is 93.7 Å². The zero-order valence-electron chi connectivity index (χ0n) is 22.8. The molecule has 3 aromatic carbocycles. The van der Waals surface area contributed by atoms with Crippen molar-refractivity contribution in [3.05, 3.63) is 95.1 Å². The molecule has 2 aliphatic rings. The first-order valence-electron chi connectivity index (χ1n) is 13.1. The van der Waals surface area contributed by atoms with E-state index < -0.39 is 53.1 Å². The van der Waals surface area contributed by atoms with Gasteiger partial charge in [0.25, 0.3) is 5.91 Å². The molecule has 5 rings (SSSR count). The predicted octanol–water partition coefficient (Wildman–Crippen LogP) is 6.01.